The monoisotopic (exact) mass is 318 g/mol. The van der Waals surface area contributed by atoms with E-state index >= 15 is 0 Å². The van der Waals surface area contributed by atoms with Crippen LogP contribution in [0.2, 0.25) is 0 Å². The summed E-state index contributed by atoms with van der Waals surface area (Å²) in [7, 11) is 0. The molecule has 0 aliphatic heterocycles. The van der Waals surface area contributed by atoms with Crippen LogP contribution in [0.3, 0.4) is 0 Å². The lowest BCUT2D eigenvalue weighted by molar-refractivity contribution is -0.122. The largest absolute Gasteiger partial charge is 0.352 e. The summed E-state index contributed by atoms with van der Waals surface area (Å²) in [5.41, 5.74) is 2.09. The SMILES string of the molecule is CCC(CC)NC(=O)Cn1c(-c2cccc(C)c2)n[nH]c1=S. The minimum Gasteiger partial charge on any atom is -0.352 e. The normalized spacial score (nSPS) is 10.9. The third-order valence-electron chi connectivity index (χ3n) is 3.69. The topological polar surface area (TPSA) is 62.7 Å². The number of H-pyrrole nitrogens is 1. The number of aromatic amines is 1. The summed E-state index contributed by atoms with van der Waals surface area (Å²) < 4.78 is 2.19. The van der Waals surface area contributed by atoms with Crippen LogP contribution in [0.4, 0.5) is 0 Å². The van der Waals surface area contributed by atoms with Gasteiger partial charge in [0, 0.05) is 11.6 Å². The zero-order chi connectivity index (χ0) is 16.1. The Balaban J connectivity index is 2.23. The molecule has 1 aromatic carbocycles. The van der Waals surface area contributed by atoms with Crippen LogP contribution >= 0.6 is 12.2 Å². The minimum atomic E-state index is -0.0416. The lowest BCUT2D eigenvalue weighted by Gasteiger charge is -2.15. The molecule has 5 nitrogen and oxygen atoms in total. The highest BCUT2D eigenvalue weighted by molar-refractivity contribution is 7.71. The van der Waals surface area contributed by atoms with Crippen LogP contribution in [-0.4, -0.2) is 26.7 Å². The van der Waals surface area contributed by atoms with Crippen LogP contribution in [0.1, 0.15) is 32.3 Å². The molecule has 0 aliphatic carbocycles. The van der Waals surface area contributed by atoms with Crippen molar-refractivity contribution in [2.24, 2.45) is 0 Å². The molecular formula is C16H22N4OS. The van der Waals surface area contributed by atoms with Crippen LogP contribution in [-0.2, 0) is 11.3 Å². The maximum Gasteiger partial charge on any atom is 0.240 e. The van der Waals surface area contributed by atoms with Gasteiger partial charge in [0.05, 0.1) is 0 Å². The average Bonchev–Trinajstić information content (AvgIpc) is 2.86. The van der Waals surface area contributed by atoms with Gasteiger partial charge in [-0.1, -0.05) is 37.6 Å². The molecule has 118 valence electrons. The first-order valence-corrected chi connectivity index (χ1v) is 7.97. The third kappa shape index (κ3) is 3.82. The van der Waals surface area contributed by atoms with Gasteiger partial charge in [-0.3, -0.25) is 14.5 Å². The Labute approximate surface area is 135 Å². The lowest BCUT2D eigenvalue weighted by Crippen LogP contribution is -2.36. The maximum atomic E-state index is 12.2. The zero-order valence-corrected chi connectivity index (χ0v) is 14.0. The molecule has 0 fully saturated rings. The van der Waals surface area contributed by atoms with E-state index in [0.29, 0.717) is 10.6 Å². The average molecular weight is 318 g/mol. The van der Waals surface area contributed by atoms with Gasteiger partial charge in [0.1, 0.15) is 6.54 Å². The summed E-state index contributed by atoms with van der Waals surface area (Å²) in [5.74, 6) is 0.647. The summed E-state index contributed by atoms with van der Waals surface area (Å²) in [6.07, 6.45) is 1.84. The Morgan fingerprint density at radius 1 is 1.41 bits per heavy atom. The molecule has 2 aromatic rings. The van der Waals surface area contributed by atoms with Gasteiger partial charge in [-0.15, -0.1) is 0 Å². The number of hydrogen-bond acceptors (Lipinski definition) is 3. The van der Waals surface area contributed by atoms with E-state index in [0.717, 1.165) is 24.0 Å². The van der Waals surface area contributed by atoms with Crippen LogP contribution in [0.5, 0.6) is 0 Å². The fraction of sp³-hybridized carbons (Fsp3) is 0.438. The lowest BCUT2D eigenvalue weighted by atomic mass is 10.1. The number of aryl methyl sites for hydroxylation is 1. The van der Waals surface area contributed by atoms with Crippen molar-refractivity contribution >= 4 is 18.1 Å². The van der Waals surface area contributed by atoms with Crippen LogP contribution in [0.15, 0.2) is 24.3 Å². The molecule has 0 radical (unpaired) electrons. The molecule has 2 N–H and O–H groups in total. The van der Waals surface area contributed by atoms with Crippen LogP contribution in [0, 0.1) is 11.7 Å². The van der Waals surface area contributed by atoms with Crippen molar-refractivity contribution in [2.75, 3.05) is 0 Å². The predicted molar refractivity (Wildman–Crippen MR) is 90.1 cm³/mol. The summed E-state index contributed by atoms with van der Waals surface area (Å²) in [6, 6.07) is 8.19. The van der Waals surface area contributed by atoms with E-state index in [1.807, 2.05) is 31.2 Å². The molecule has 6 heteroatoms. The molecule has 0 saturated carbocycles. The van der Waals surface area contributed by atoms with E-state index in [-0.39, 0.29) is 18.5 Å². The van der Waals surface area contributed by atoms with Crippen molar-refractivity contribution in [1.82, 2.24) is 20.1 Å². The molecule has 0 spiro atoms. The molecule has 22 heavy (non-hydrogen) atoms. The first kappa shape index (κ1) is 16.4. The number of carbonyl (C=O) groups excluding carboxylic acids is 1. The number of carbonyl (C=O) groups is 1. The van der Waals surface area contributed by atoms with Crippen molar-refractivity contribution < 1.29 is 4.79 Å². The highest BCUT2D eigenvalue weighted by atomic mass is 32.1. The number of rotatable bonds is 6. The van der Waals surface area contributed by atoms with Gasteiger partial charge in [-0.25, -0.2) is 0 Å². The Bertz CT molecular complexity index is 700. The highest BCUT2D eigenvalue weighted by Gasteiger charge is 2.14. The second-order valence-corrected chi connectivity index (χ2v) is 5.78. The molecule has 2 rings (SSSR count). The van der Waals surface area contributed by atoms with Gasteiger partial charge in [-0.05, 0) is 38.0 Å². The molecule has 0 atom stereocenters. The zero-order valence-electron chi connectivity index (χ0n) is 13.2. The molecule has 0 saturated heterocycles. The second-order valence-electron chi connectivity index (χ2n) is 5.39. The Kier molecular flexibility index (Phi) is 5.49. The van der Waals surface area contributed by atoms with Crippen molar-refractivity contribution in [2.45, 2.75) is 46.2 Å². The van der Waals surface area contributed by atoms with Crippen molar-refractivity contribution in [3.05, 3.63) is 34.6 Å². The molecule has 1 aromatic heterocycles. The summed E-state index contributed by atoms with van der Waals surface area (Å²) in [6.45, 7) is 6.33. The van der Waals surface area contributed by atoms with Gasteiger partial charge in [0.2, 0.25) is 5.91 Å². The fourth-order valence-electron chi connectivity index (χ4n) is 2.38. The third-order valence-corrected chi connectivity index (χ3v) is 4.00. The van der Waals surface area contributed by atoms with E-state index in [1.54, 1.807) is 4.57 Å². The van der Waals surface area contributed by atoms with Gasteiger partial charge in [0.15, 0.2) is 10.6 Å². The van der Waals surface area contributed by atoms with Gasteiger partial charge in [-0.2, -0.15) is 5.10 Å². The Morgan fingerprint density at radius 3 is 2.77 bits per heavy atom. The summed E-state index contributed by atoms with van der Waals surface area (Å²) in [5, 5.41) is 10.1. The van der Waals surface area contributed by atoms with Crippen LogP contribution < -0.4 is 5.32 Å². The van der Waals surface area contributed by atoms with Gasteiger partial charge >= 0.3 is 0 Å². The van der Waals surface area contributed by atoms with E-state index < -0.39 is 0 Å². The molecule has 1 heterocycles. The molecule has 0 aliphatic rings. The van der Waals surface area contributed by atoms with Crippen molar-refractivity contribution in [3.63, 3.8) is 0 Å². The predicted octanol–water partition coefficient (Wildman–Crippen LogP) is 3.22. The molecule has 0 unspecified atom stereocenters. The fourth-order valence-corrected chi connectivity index (χ4v) is 2.58. The first-order chi connectivity index (χ1) is 10.5. The van der Waals surface area contributed by atoms with E-state index in [9.17, 15) is 4.79 Å². The summed E-state index contributed by atoms with van der Waals surface area (Å²) in [4.78, 5) is 12.2. The quantitative estimate of drug-likeness (QED) is 0.804. The van der Waals surface area contributed by atoms with Crippen LogP contribution in [0.25, 0.3) is 11.4 Å². The van der Waals surface area contributed by atoms with E-state index in [1.165, 1.54) is 0 Å². The van der Waals surface area contributed by atoms with Gasteiger partial charge < -0.3 is 5.32 Å². The van der Waals surface area contributed by atoms with Crippen molar-refractivity contribution in [3.8, 4) is 11.4 Å². The number of nitrogens with one attached hydrogen (secondary N) is 2. The Morgan fingerprint density at radius 2 is 2.14 bits per heavy atom. The second kappa shape index (κ2) is 7.35. The van der Waals surface area contributed by atoms with Gasteiger partial charge in [0.25, 0.3) is 0 Å². The smallest absolute Gasteiger partial charge is 0.240 e. The maximum absolute atomic E-state index is 12.2. The number of nitrogens with zero attached hydrogens (tertiary/aromatic N) is 2. The molecule has 0 bridgehead atoms. The minimum absolute atomic E-state index is 0.0416. The van der Waals surface area contributed by atoms with E-state index in [2.05, 4.69) is 29.4 Å². The molecular weight excluding hydrogens is 296 g/mol. The number of benzene rings is 1. The first-order valence-electron chi connectivity index (χ1n) is 7.56. The van der Waals surface area contributed by atoms with E-state index in [4.69, 9.17) is 12.2 Å². The highest BCUT2D eigenvalue weighted by Crippen LogP contribution is 2.18. The summed E-state index contributed by atoms with van der Waals surface area (Å²) >= 11 is 5.26. The number of aromatic nitrogens is 3. The number of amides is 1. The number of hydrogen-bond donors (Lipinski definition) is 2. The Hall–Kier alpha value is -1.95. The van der Waals surface area contributed by atoms with Crippen molar-refractivity contribution in [1.29, 1.82) is 0 Å². The standard InChI is InChI=1S/C16H22N4OS/c1-4-13(5-2)17-14(21)10-20-15(18-19-16(20)22)12-8-6-7-11(3)9-12/h6-9,13H,4-5,10H2,1-3H3,(H,17,21)(H,19,22). The molecule has 1 amide bonds.